The van der Waals surface area contributed by atoms with Gasteiger partial charge in [0.1, 0.15) is 5.75 Å². The van der Waals surface area contributed by atoms with E-state index >= 15 is 0 Å². The molecule has 2 heterocycles. The summed E-state index contributed by atoms with van der Waals surface area (Å²) in [5.74, 6) is -0.868. The number of nitrogens with one attached hydrogen (secondary N) is 1. The molecular formula is C20H28N4O4. The molecule has 2 aliphatic heterocycles. The Morgan fingerprint density at radius 2 is 1.96 bits per heavy atom. The second kappa shape index (κ2) is 10.1. The van der Waals surface area contributed by atoms with Gasteiger partial charge in [-0.15, -0.1) is 0 Å². The van der Waals surface area contributed by atoms with E-state index in [1.807, 2.05) is 25.8 Å². The topological polar surface area (TPSA) is 106 Å². The number of nitrogens with zero attached hydrogens (tertiary/aromatic N) is 3. The molecule has 0 spiro atoms. The van der Waals surface area contributed by atoms with E-state index in [1.54, 1.807) is 11.0 Å². The number of hydrogen-bond donors (Lipinski definition) is 2. The number of anilines is 1. The normalized spacial score (nSPS) is 22.0. The number of likely N-dealkylation sites (tertiary alicyclic amines) is 1. The summed E-state index contributed by atoms with van der Waals surface area (Å²) in [5.41, 5.74) is 0.629. The second-order valence-electron chi connectivity index (χ2n) is 6.64. The molecule has 152 valence electrons. The number of phenolic OH excluding ortho intramolecular Hbond substituents is 1. The Balaban J connectivity index is 0.00000136. The lowest BCUT2D eigenvalue weighted by Crippen LogP contribution is -2.40. The van der Waals surface area contributed by atoms with Gasteiger partial charge in [0.25, 0.3) is 5.91 Å². The van der Waals surface area contributed by atoms with Crippen molar-refractivity contribution in [3.8, 4) is 11.8 Å². The van der Waals surface area contributed by atoms with Gasteiger partial charge in [-0.05, 0) is 31.7 Å². The van der Waals surface area contributed by atoms with Gasteiger partial charge in [0.2, 0.25) is 5.91 Å². The van der Waals surface area contributed by atoms with E-state index in [0.29, 0.717) is 44.8 Å². The quantitative estimate of drug-likeness (QED) is 0.763. The highest BCUT2D eigenvalue weighted by Crippen LogP contribution is 2.28. The van der Waals surface area contributed by atoms with Crippen LogP contribution in [0.2, 0.25) is 0 Å². The molecule has 8 nitrogen and oxygen atoms in total. The standard InChI is InChI=1S/C18H22N4O4.C2H6/c1-21-11-13(8-14(21)10-19)17(24)20-15-3-2-12(9-16(15)23)18(25)22-4-6-26-7-5-22;1-2/h2-3,9,13-14,23H,4-8,11H2,1H3,(H,20,24);1-2H3. The van der Waals surface area contributed by atoms with Crippen LogP contribution in [0.1, 0.15) is 30.6 Å². The molecule has 0 aliphatic carbocycles. The van der Waals surface area contributed by atoms with Crippen LogP contribution in [0.4, 0.5) is 5.69 Å². The molecule has 0 aromatic heterocycles. The zero-order valence-electron chi connectivity index (χ0n) is 16.6. The average Bonchev–Trinajstić information content (AvgIpc) is 3.12. The van der Waals surface area contributed by atoms with Gasteiger partial charge in [0, 0.05) is 25.2 Å². The lowest BCUT2D eigenvalue weighted by atomic mass is 10.0. The van der Waals surface area contributed by atoms with Gasteiger partial charge in [0.15, 0.2) is 0 Å². The molecule has 1 aromatic carbocycles. The maximum Gasteiger partial charge on any atom is 0.254 e. The molecule has 0 saturated carbocycles. The lowest BCUT2D eigenvalue weighted by Gasteiger charge is -2.27. The molecule has 2 unspecified atom stereocenters. The Hall–Kier alpha value is -2.63. The van der Waals surface area contributed by atoms with Gasteiger partial charge in [-0.25, -0.2) is 0 Å². The highest BCUT2D eigenvalue weighted by molar-refractivity contribution is 5.98. The summed E-state index contributed by atoms with van der Waals surface area (Å²) < 4.78 is 5.23. The number of phenols is 1. The smallest absolute Gasteiger partial charge is 0.254 e. The Labute approximate surface area is 165 Å². The third kappa shape index (κ3) is 5.00. The maximum absolute atomic E-state index is 12.4. The van der Waals surface area contributed by atoms with Gasteiger partial charge in [0.05, 0.1) is 36.9 Å². The van der Waals surface area contributed by atoms with Gasteiger partial charge in [-0.2, -0.15) is 5.26 Å². The van der Waals surface area contributed by atoms with Crippen LogP contribution in [0.3, 0.4) is 0 Å². The molecule has 1 aromatic rings. The molecule has 28 heavy (non-hydrogen) atoms. The molecule has 3 rings (SSSR count). The van der Waals surface area contributed by atoms with Crippen LogP contribution in [0.15, 0.2) is 18.2 Å². The predicted octanol–water partition coefficient (Wildman–Crippen LogP) is 1.67. The fraction of sp³-hybridized carbons (Fsp3) is 0.550. The van der Waals surface area contributed by atoms with Crippen molar-refractivity contribution < 1.29 is 19.4 Å². The van der Waals surface area contributed by atoms with Gasteiger partial charge in [-0.3, -0.25) is 14.5 Å². The van der Waals surface area contributed by atoms with Crippen molar-refractivity contribution in [2.24, 2.45) is 5.92 Å². The molecule has 2 N–H and O–H groups in total. The minimum absolute atomic E-state index is 0.152. The Morgan fingerprint density at radius 1 is 1.29 bits per heavy atom. The van der Waals surface area contributed by atoms with Gasteiger partial charge in [-0.1, -0.05) is 13.8 Å². The molecule has 0 bridgehead atoms. The molecule has 8 heteroatoms. The fourth-order valence-electron chi connectivity index (χ4n) is 3.29. The first-order valence-electron chi connectivity index (χ1n) is 9.60. The van der Waals surface area contributed by atoms with Crippen molar-refractivity contribution in [2.75, 3.05) is 45.2 Å². The molecule has 2 atom stereocenters. The number of benzene rings is 1. The Morgan fingerprint density at radius 3 is 2.54 bits per heavy atom. The average molecular weight is 388 g/mol. The molecule has 2 aliphatic rings. The summed E-state index contributed by atoms with van der Waals surface area (Å²) in [6.07, 6.45) is 0.465. The van der Waals surface area contributed by atoms with Crippen LogP contribution < -0.4 is 5.32 Å². The highest BCUT2D eigenvalue weighted by Gasteiger charge is 2.34. The number of ether oxygens (including phenoxy) is 1. The molecular weight excluding hydrogens is 360 g/mol. The summed E-state index contributed by atoms with van der Waals surface area (Å²) in [4.78, 5) is 28.3. The molecule has 2 fully saturated rings. The van der Waals surface area contributed by atoms with Crippen molar-refractivity contribution in [1.82, 2.24) is 9.80 Å². The Bertz CT molecular complexity index is 740. The largest absolute Gasteiger partial charge is 0.506 e. The number of aromatic hydroxyl groups is 1. The first-order valence-corrected chi connectivity index (χ1v) is 9.60. The Kier molecular flexibility index (Phi) is 7.79. The minimum atomic E-state index is -0.307. The van der Waals surface area contributed by atoms with Crippen molar-refractivity contribution >= 4 is 17.5 Å². The number of rotatable bonds is 3. The number of carbonyl (C=O) groups excluding carboxylic acids is 2. The van der Waals surface area contributed by atoms with Crippen LogP contribution in [0.5, 0.6) is 5.75 Å². The zero-order valence-corrected chi connectivity index (χ0v) is 16.6. The lowest BCUT2D eigenvalue weighted by molar-refractivity contribution is -0.119. The van der Waals surface area contributed by atoms with E-state index in [0.717, 1.165) is 0 Å². The van der Waals surface area contributed by atoms with Crippen LogP contribution in [0, 0.1) is 17.2 Å². The number of morpholine rings is 1. The van der Waals surface area contributed by atoms with Crippen LogP contribution in [-0.4, -0.2) is 72.7 Å². The zero-order chi connectivity index (χ0) is 20.7. The monoisotopic (exact) mass is 388 g/mol. The summed E-state index contributed by atoms with van der Waals surface area (Å²) in [6, 6.07) is 6.39. The predicted molar refractivity (Wildman–Crippen MR) is 105 cm³/mol. The van der Waals surface area contributed by atoms with E-state index in [2.05, 4.69) is 11.4 Å². The van der Waals surface area contributed by atoms with E-state index in [-0.39, 0.29) is 35.2 Å². The van der Waals surface area contributed by atoms with Crippen molar-refractivity contribution in [2.45, 2.75) is 26.3 Å². The van der Waals surface area contributed by atoms with Gasteiger partial charge >= 0.3 is 0 Å². The number of carbonyl (C=O) groups is 2. The van der Waals surface area contributed by atoms with E-state index in [9.17, 15) is 14.7 Å². The van der Waals surface area contributed by atoms with Crippen LogP contribution >= 0.6 is 0 Å². The highest BCUT2D eigenvalue weighted by atomic mass is 16.5. The maximum atomic E-state index is 12.4. The molecule has 2 saturated heterocycles. The first-order chi connectivity index (χ1) is 13.5. The summed E-state index contributed by atoms with van der Waals surface area (Å²) in [5, 5.41) is 22.0. The third-order valence-corrected chi connectivity index (χ3v) is 4.87. The molecule has 2 amide bonds. The molecule has 0 radical (unpaired) electrons. The summed E-state index contributed by atoms with van der Waals surface area (Å²) in [6.45, 7) is 6.55. The second-order valence-corrected chi connectivity index (χ2v) is 6.64. The van der Waals surface area contributed by atoms with E-state index < -0.39 is 0 Å². The van der Waals surface area contributed by atoms with Crippen molar-refractivity contribution in [3.63, 3.8) is 0 Å². The van der Waals surface area contributed by atoms with Gasteiger partial charge < -0.3 is 20.1 Å². The SMILES string of the molecule is CC.CN1CC(C(=O)Nc2ccc(C(=O)N3CCOCC3)cc2O)CC1C#N. The van der Waals surface area contributed by atoms with Crippen molar-refractivity contribution in [3.05, 3.63) is 23.8 Å². The summed E-state index contributed by atoms with van der Waals surface area (Å²) >= 11 is 0. The number of hydrogen-bond acceptors (Lipinski definition) is 6. The van der Waals surface area contributed by atoms with E-state index in [1.165, 1.54) is 12.1 Å². The number of amides is 2. The minimum Gasteiger partial charge on any atom is -0.506 e. The van der Waals surface area contributed by atoms with E-state index in [4.69, 9.17) is 10.00 Å². The number of nitriles is 1. The van der Waals surface area contributed by atoms with Crippen LogP contribution in [0.25, 0.3) is 0 Å². The fourth-order valence-corrected chi connectivity index (χ4v) is 3.29. The van der Waals surface area contributed by atoms with Crippen LogP contribution in [-0.2, 0) is 9.53 Å². The third-order valence-electron chi connectivity index (χ3n) is 4.87. The summed E-state index contributed by atoms with van der Waals surface area (Å²) in [7, 11) is 1.81. The van der Waals surface area contributed by atoms with Crippen molar-refractivity contribution in [1.29, 1.82) is 5.26 Å². The first kappa shape index (κ1) is 21.7.